The molecule has 0 spiro atoms. The van der Waals surface area contributed by atoms with Crippen LogP contribution in [0, 0.1) is 17.7 Å². The van der Waals surface area contributed by atoms with Crippen molar-refractivity contribution in [2.45, 2.75) is 70.1 Å². The molecule has 45 heavy (non-hydrogen) atoms. The molecular weight excluding hydrogens is 579 g/mol. The summed E-state index contributed by atoms with van der Waals surface area (Å²) >= 11 is 0. The number of piperidine rings is 1. The van der Waals surface area contributed by atoms with E-state index in [1.54, 1.807) is 11.1 Å². The SMILES string of the molecule is CC(C)(O)C1CCN(CCOc2cc3c(cn2)[nH]/c(=N\C(=O)c2cccc(F)c2)n3[C@H]2CC[C@@H](C(=O)N3CC(O)C3)CC2)CC1. The van der Waals surface area contributed by atoms with Crippen LogP contribution < -0.4 is 10.4 Å². The average molecular weight is 623 g/mol. The van der Waals surface area contributed by atoms with E-state index in [1.807, 2.05) is 24.5 Å². The quantitative estimate of drug-likeness (QED) is 0.351. The van der Waals surface area contributed by atoms with Gasteiger partial charge in [0, 0.05) is 43.2 Å². The van der Waals surface area contributed by atoms with Gasteiger partial charge in [-0.05, 0) is 89.6 Å². The Labute approximate surface area is 261 Å². The van der Waals surface area contributed by atoms with Crippen LogP contribution in [0.25, 0.3) is 11.0 Å². The van der Waals surface area contributed by atoms with Crippen molar-refractivity contribution in [1.29, 1.82) is 0 Å². The van der Waals surface area contributed by atoms with Crippen molar-refractivity contribution < 1.29 is 28.9 Å². The Bertz CT molecular complexity index is 1590. The summed E-state index contributed by atoms with van der Waals surface area (Å²) in [5.74, 6) is -0.309. The molecule has 2 saturated heterocycles. The van der Waals surface area contributed by atoms with E-state index >= 15 is 0 Å². The van der Waals surface area contributed by atoms with Gasteiger partial charge in [0.25, 0.3) is 5.91 Å². The number of halogens is 1. The molecule has 12 heteroatoms. The molecule has 3 N–H and O–H groups in total. The van der Waals surface area contributed by atoms with Crippen molar-refractivity contribution in [3.8, 4) is 5.88 Å². The maximum atomic E-state index is 13.9. The summed E-state index contributed by atoms with van der Waals surface area (Å²) in [6.45, 7) is 7.60. The number of imidazole rings is 1. The van der Waals surface area contributed by atoms with Crippen molar-refractivity contribution >= 4 is 22.8 Å². The molecule has 1 aliphatic carbocycles. The molecule has 242 valence electrons. The van der Waals surface area contributed by atoms with E-state index in [2.05, 4.69) is 19.9 Å². The molecule has 0 atom stereocenters. The van der Waals surface area contributed by atoms with Gasteiger partial charge in [0.05, 0.1) is 28.9 Å². The molecule has 2 aliphatic heterocycles. The van der Waals surface area contributed by atoms with Gasteiger partial charge in [-0.1, -0.05) is 6.07 Å². The Morgan fingerprint density at radius 2 is 1.84 bits per heavy atom. The second-order valence-electron chi connectivity index (χ2n) is 13.3. The molecular formula is C33H43FN6O5. The lowest BCUT2D eigenvalue weighted by atomic mass is 9.83. The number of β-amino-alcohol motifs (C(OH)–C–C–N with tert-alkyl or cyclic N) is 1. The summed E-state index contributed by atoms with van der Waals surface area (Å²) in [5.41, 5.74) is 1.31. The predicted octanol–water partition coefficient (Wildman–Crippen LogP) is 3.04. The molecule has 0 bridgehead atoms. The highest BCUT2D eigenvalue weighted by molar-refractivity contribution is 5.95. The first-order valence-electron chi connectivity index (χ1n) is 16.0. The average Bonchev–Trinajstić information content (AvgIpc) is 3.36. The Hall–Kier alpha value is -3.61. The molecule has 3 aliphatic rings. The largest absolute Gasteiger partial charge is 0.476 e. The van der Waals surface area contributed by atoms with E-state index in [-0.39, 0.29) is 23.4 Å². The van der Waals surface area contributed by atoms with Gasteiger partial charge in [-0.3, -0.25) is 14.5 Å². The standard InChI is InChI=1S/C33H43FN6O5/c1-33(2,44)23-10-12-38(13-11-23)14-15-45-29-17-28-27(18-35-29)36-32(37-30(42)22-4-3-5-24(34)16-22)40(28)25-8-6-21(7-9-25)31(43)39-19-26(41)20-39/h3-5,16-18,21,23,25-26,41,44H,6-15,19-20H2,1-2H3,(H,36,37,42)/t21-,25+. The number of aromatic amines is 1. The zero-order chi connectivity index (χ0) is 31.7. The fourth-order valence-corrected chi connectivity index (χ4v) is 6.95. The molecule has 1 saturated carbocycles. The number of pyridine rings is 1. The van der Waals surface area contributed by atoms with E-state index in [4.69, 9.17) is 4.74 Å². The number of nitrogens with zero attached hydrogens (tertiary/aromatic N) is 5. The molecule has 3 aromatic rings. The minimum absolute atomic E-state index is 0.0313. The zero-order valence-corrected chi connectivity index (χ0v) is 26.0. The summed E-state index contributed by atoms with van der Waals surface area (Å²) in [7, 11) is 0. The van der Waals surface area contributed by atoms with Crippen LogP contribution in [0.3, 0.4) is 0 Å². The Morgan fingerprint density at radius 1 is 1.11 bits per heavy atom. The number of fused-ring (bicyclic) bond motifs is 1. The smallest absolute Gasteiger partial charge is 0.280 e. The van der Waals surface area contributed by atoms with Crippen LogP contribution in [0.4, 0.5) is 4.39 Å². The number of carbonyl (C=O) groups is 2. The molecule has 11 nitrogen and oxygen atoms in total. The topological polar surface area (TPSA) is 136 Å². The summed E-state index contributed by atoms with van der Waals surface area (Å²) in [5, 5.41) is 20.0. The monoisotopic (exact) mass is 622 g/mol. The second-order valence-corrected chi connectivity index (χ2v) is 13.3. The van der Waals surface area contributed by atoms with Crippen molar-refractivity contribution in [1.82, 2.24) is 24.3 Å². The fourth-order valence-electron chi connectivity index (χ4n) is 6.95. The first kappa shape index (κ1) is 31.4. The number of likely N-dealkylation sites (tertiary alicyclic amines) is 2. The van der Waals surface area contributed by atoms with Crippen LogP contribution in [0.2, 0.25) is 0 Å². The lowest BCUT2D eigenvalue weighted by Crippen LogP contribution is -2.55. The third kappa shape index (κ3) is 7.13. The number of ether oxygens (including phenoxy) is 1. The van der Waals surface area contributed by atoms with Crippen LogP contribution in [0.5, 0.6) is 5.88 Å². The van der Waals surface area contributed by atoms with Crippen molar-refractivity contribution in [2.24, 2.45) is 16.8 Å². The van der Waals surface area contributed by atoms with Crippen LogP contribution in [0.15, 0.2) is 41.5 Å². The number of hydrogen-bond donors (Lipinski definition) is 3. The maximum Gasteiger partial charge on any atom is 0.280 e. The Balaban J connectivity index is 1.20. The van der Waals surface area contributed by atoms with Crippen LogP contribution in [-0.4, -0.2) is 97.4 Å². The van der Waals surface area contributed by atoms with Gasteiger partial charge >= 0.3 is 0 Å². The highest BCUT2D eigenvalue weighted by atomic mass is 19.1. The van der Waals surface area contributed by atoms with Crippen LogP contribution in [-0.2, 0) is 4.79 Å². The number of benzene rings is 1. The zero-order valence-electron chi connectivity index (χ0n) is 26.0. The predicted molar refractivity (Wildman–Crippen MR) is 165 cm³/mol. The fraction of sp³-hybridized carbons (Fsp3) is 0.576. The number of rotatable bonds is 8. The second kappa shape index (κ2) is 13.0. The molecule has 6 rings (SSSR count). The third-order valence-corrected chi connectivity index (χ3v) is 9.70. The lowest BCUT2D eigenvalue weighted by molar-refractivity contribution is -0.147. The third-order valence-electron chi connectivity index (χ3n) is 9.70. The number of amides is 2. The van der Waals surface area contributed by atoms with Crippen LogP contribution >= 0.6 is 0 Å². The van der Waals surface area contributed by atoms with Crippen molar-refractivity contribution in [3.05, 3.63) is 53.5 Å². The first-order valence-corrected chi connectivity index (χ1v) is 16.0. The minimum Gasteiger partial charge on any atom is -0.476 e. The number of aromatic nitrogens is 3. The Kier molecular flexibility index (Phi) is 9.07. The van der Waals surface area contributed by atoms with E-state index in [0.29, 0.717) is 68.3 Å². The highest BCUT2D eigenvalue weighted by Gasteiger charge is 2.36. The number of carbonyl (C=O) groups excluding carboxylic acids is 2. The number of nitrogens with one attached hydrogen (secondary N) is 1. The number of aliphatic hydroxyl groups is 2. The summed E-state index contributed by atoms with van der Waals surface area (Å²) in [6.07, 6.45) is 5.93. The van der Waals surface area contributed by atoms with E-state index in [1.165, 1.54) is 24.3 Å². The molecule has 4 heterocycles. The maximum absolute atomic E-state index is 13.9. The first-order chi connectivity index (χ1) is 21.5. The molecule has 1 aromatic carbocycles. The van der Waals surface area contributed by atoms with E-state index in [9.17, 15) is 24.2 Å². The summed E-state index contributed by atoms with van der Waals surface area (Å²) in [4.78, 5) is 42.2. The van der Waals surface area contributed by atoms with Crippen molar-refractivity contribution in [2.75, 3.05) is 39.3 Å². The minimum atomic E-state index is -0.659. The van der Waals surface area contributed by atoms with Gasteiger partial charge in [-0.15, -0.1) is 0 Å². The van der Waals surface area contributed by atoms with Crippen molar-refractivity contribution in [3.63, 3.8) is 0 Å². The van der Waals surface area contributed by atoms with Gasteiger partial charge < -0.3 is 29.4 Å². The lowest BCUT2D eigenvalue weighted by Gasteiger charge is -2.39. The van der Waals surface area contributed by atoms with Gasteiger partial charge in [-0.25, -0.2) is 9.37 Å². The van der Waals surface area contributed by atoms with Gasteiger partial charge in [0.15, 0.2) is 0 Å². The van der Waals surface area contributed by atoms with Gasteiger partial charge in [0.1, 0.15) is 12.4 Å². The van der Waals surface area contributed by atoms with Crippen LogP contribution in [0.1, 0.15) is 68.8 Å². The van der Waals surface area contributed by atoms with Gasteiger partial charge in [-0.2, -0.15) is 4.99 Å². The molecule has 3 fully saturated rings. The molecule has 2 aromatic heterocycles. The highest BCUT2D eigenvalue weighted by Crippen LogP contribution is 2.35. The number of aliphatic hydroxyl groups excluding tert-OH is 1. The molecule has 0 radical (unpaired) electrons. The molecule has 2 amide bonds. The summed E-state index contributed by atoms with van der Waals surface area (Å²) < 4.78 is 21.9. The Morgan fingerprint density at radius 3 is 2.51 bits per heavy atom. The van der Waals surface area contributed by atoms with E-state index < -0.39 is 23.4 Å². The number of H-pyrrole nitrogens is 1. The summed E-state index contributed by atoms with van der Waals surface area (Å²) in [6, 6.07) is 7.30. The molecule has 0 unspecified atom stereocenters. The normalized spacial score (nSPS) is 22.5. The van der Waals surface area contributed by atoms with E-state index in [0.717, 1.165) is 38.0 Å². The van der Waals surface area contributed by atoms with Gasteiger partial charge in [0.2, 0.25) is 17.4 Å². The number of hydrogen-bond acceptors (Lipinski definition) is 7.